The number of halogens is 4. The lowest BCUT2D eigenvalue weighted by Crippen LogP contribution is -2.27. The number of amidine groups is 1. The van der Waals surface area contributed by atoms with Crippen LogP contribution in [0.3, 0.4) is 0 Å². The molecule has 0 aliphatic carbocycles. The highest BCUT2D eigenvalue weighted by atomic mass is 79.9. The lowest BCUT2D eigenvalue weighted by atomic mass is 10.2. The molecular weight excluding hydrogens is 497 g/mol. The number of aliphatic imine (C=N–C) groups is 1. The molecule has 0 saturated heterocycles. The number of thiophene rings is 1. The maximum atomic E-state index is 12.6. The molecule has 0 atom stereocenters. The van der Waals surface area contributed by atoms with Crippen LogP contribution in [0.5, 0.6) is 0 Å². The molecule has 0 bridgehead atoms. The van der Waals surface area contributed by atoms with Gasteiger partial charge in [0.2, 0.25) is 0 Å². The lowest BCUT2D eigenvalue weighted by Gasteiger charge is -2.09. The maximum Gasteiger partial charge on any atom is 0.416 e. The molecule has 0 saturated carbocycles. The van der Waals surface area contributed by atoms with Crippen LogP contribution in [0.1, 0.15) is 15.3 Å². The first-order valence-electron chi connectivity index (χ1n) is 8.80. The summed E-state index contributed by atoms with van der Waals surface area (Å²) in [6, 6.07) is 14.4. The summed E-state index contributed by atoms with van der Waals surface area (Å²) in [7, 11) is 0. The Morgan fingerprint density at radius 1 is 1.10 bits per heavy atom. The van der Waals surface area contributed by atoms with Gasteiger partial charge in [0, 0.05) is 15.0 Å². The first kappa shape index (κ1) is 22.8. The summed E-state index contributed by atoms with van der Waals surface area (Å²) in [5.74, 6) is 0.253. The minimum atomic E-state index is -4.43. The number of hydroxylamine groups is 1. The molecule has 1 heterocycles. The van der Waals surface area contributed by atoms with Crippen LogP contribution in [0, 0.1) is 0 Å². The molecule has 31 heavy (non-hydrogen) atoms. The van der Waals surface area contributed by atoms with Crippen molar-refractivity contribution in [3.05, 3.63) is 80.5 Å². The number of carbonyl (C=O) groups is 1. The van der Waals surface area contributed by atoms with E-state index in [4.69, 9.17) is 0 Å². The summed E-state index contributed by atoms with van der Waals surface area (Å²) in [6.07, 6.45) is -4.43. The van der Waals surface area contributed by atoms with Gasteiger partial charge in [-0.15, -0.1) is 11.3 Å². The third-order valence-electron chi connectivity index (χ3n) is 3.94. The SMILES string of the molecule is O=C(NCc1ccc(C(=Nc2cccc(Br)c2)NO)s1)Nc1ccc(C(F)(F)F)cc1. The number of alkyl halides is 3. The molecule has 0 unspecified atom stereocenters. The number of nitrogens with one attached hydrogen (secondary N) is 3. The van der Waals surface area contributed by atoms with E-state index in [1.54, 1.807) is 24.3 Å². The molecular formula is C20H16BrF3N4O2S. The van der Waals surface area contributed by atoms with E-state index in [1.807, 2.05) is 12.1 Å². The van der Waals surface area contributed by atoms with Crippen LogP contribution < -0.4 is 16.1 Å². The standard InChI is InChI=1S/C20H16BrF3N4O2S/c21-13-2-1-3-15(10-13)26-18(28-30)17-9-8-16(31-17)11-25-19(29)27-14-6-4-12(5-7-14)20(22,23)24/h1-10,30H,11H2,(H,26,28)(H2,25,27,29). The van der Waals surface area contributed by atoms with Gasteiger partial charge in [0.1, 0.15) is 0 Å². The molecule has 1 aromatic heterocycles. The molecule has 0 radical (unpaired) electrons. The Bertz CT molecular complexity index is 1080. The Kier molecular flexibility index (Phi) is 7.31. The largest absolute Gasteiger partial charge is 0.416 e. The third kappa shape index (κ3) is 6.54. The van der Waals surface area contributed by atoms with Crippen LogP contribution in [0.4, 0.5) is 29.3 Å². The predicted molar refractivity (Wildman–Crippen MR) is 117 cm³/mol. The molecule has 4 N–H and O–H groups in total. The van der Waals surface area contributed by atoms with Gasteiger partial charge in [0.25, 0.3) is 0 Å². The van der Waals surface area contributed by atoms with Gasteiger partial charge in [0.15, 0.2) is 5.84 Å². The van der Waals surface area contributed by atoms with Crippen molar-refractivity contribution < 1.29 is 23.2 Å². The van der Waals surface area contributed by atoms with E-state index >= 15 is 0 Å². The number of amides is 2. The summed E-state index contributed by atoms with van der Waals surface area (Å²) in [5, 5.41) is 14.5. The first-order valence-corrected chi connectivity index (χ1v) is 10.4. The highest BCUT2D eigenvalue weighted by Crippen LogP contribution is 2.29. The summed E-state index contributed by atoms with van der Waals surface area (Å²) in [4.78, 5) is 17.8. The van der Waals surface area contributed by atoms with Gasteiger partial charge in [-0.05, 0) is 54.6 Å². The van der Waals surface area contributed by atoms with E-state index in [2.05, 4.69) is 37.0 Å². The lowest BCUT2D eigenvalue weighted by molar-refractivity contribution is -0.137. The van der Waals surface area contributed by atoms with Crippen molar-refractivity contribution in [2.75, 3.05) is 5.32 Å². The summed E-state index contributed by atoms with van der Waals surface area (Å²) < 4.78 is 38.6. The second-order valence-electron chi connectivity index (χ2n) is 6.20. The fourth-order valence-electron chi connectivity index (χ4n) is 2.50. The van der Waals surface area contributed by atoms with Crippen LogP contribution in [0.2, 0.25) is 0 Å². The number of hydrogen-bond donors (Lipinski definition) is 4. The molecule has 0 aliphatic heterocycles. The molecule has 2 aromatic carbocycles. The third-order valence-corrected chi connectivity index (χ3v) is 5.53. The molecule has 6 nitrogen and oxygen atoms in total. The van der Waals surface area contributed by atoms with Gasteiger partial charge in [-0.25, -0.2) is 9.79 Å². The van der Waals surface area contributed by atoms with Gasteiger partial charge >= 0.3 is 12.2 Å². The van der Waals surface area contributed by atoms with E-state index < -0.39 is 17.8 Å². The van der Waals surface area contributed by atoms with Gasteiger partial charge in [-0.3, -0.25) is 10.7 Å². The molecule has 0 spiro atoms. The summed E-state index contributed by atoms with van der Waals surface area (Å²) in [6.45, 7) is 0.187. The van der Waals surface area contributed by atoms with E-state index in [0.29, 0.717) is 10.6 Å². The summed E-state index contributed by atoms with van der Waals surface area (Å²) in [5.41, 5.74) is 2.16. The Labute approximate surface area is 187 Å². The highest BCUT2D eigenvalue weighted by molar-refractivity contribution is 9.10. The average molecular weight is 513 g/mol. The quantitative estimate of drug-likeness (QED) is 0.195. The van der Waals surface area contributed by atoms with Crippen molar-refractivity contribution in [1.29, 1.82) is 0 Å². The van der Waals surface area contributed by atoms with Gasteiger partial charge in [-0.1, -0.05) is 22.0 Å². The van der Waals surface area contributed by atoms with Crippen molar-refractivity contribution in [1.82, 2.24) is 10.8 Å². The minimum absolute atomic E-state index is 0.187. The van der Waals surface area contributed by atoms with E-state index in [9.17, 15) is 23.2 Å². The highest BCUT2D eigenvalue weighted by Gasteiger charge is 2.29. The Balaban J connectivity index is 1.58. The average Bonchev–Trinajstić information content (AvgIpc) is 3.19. The zero-order chi connectivity index (χ0) is 22.4. The molecule has 3 aromatic rings. The second kappa shape index (κ2) is 9.94. The zero-order valence-electron chi connectivity index (χ0n) is 15.7. The van der Waals surface area contributed by atoms with Crippen LogP contribution in [0.15, 0.2) is 70.1 Å². The first-order chi connectivity index (χ1) is 14.7. The minimum Gasteiger partial charge on any atom is -0.333 e. The number of urea groups is 1. The molecule has 11 heteroatoms. The van der Waals surface area contributed by atoms with E-state index in [0.717, 1.165) is 21.5 Å². The van der Waals surface area contributed by atoms with E-state index in [-0.39, 0.29) is 18.1 Å². The Morgan fingerprint density at radius 2 is 1.84 bits per heavy atom. The van der Waals surface area contributed by atoms with Crippen LogP contribution >= 0.6 is 27.3 Å². The van der Waals surface area contributed by atoms with Crippen molar-refractivity contribution >= 4 is 50.5 Å². The number of carbonyl (C=O) groups excluding carboxylic acids is 1. The number of hydrogen-bond acceptors (Lipinski definition) is 4. The Hall–Kier alpha value is -2.89. The molecule has 0 aliphatic rings. The van der Waals surface area contributed by atoms with Gasteiger partial charge in [-0.2, -0.15) is 13.2 Å². The van der Waals surface area contributed by atoms with Crippen molar-refractivity contribution in [2.45, 2.75) is 12.7 Å². The predicted octanol–water partition coefficient (Wildman–Crippen LogP) is 5.91. The van der Waals surface area contributed by atoms with Crippen LogP contribution in [-0.2, 0) is 12.7 Å². The zero-order valence-corrected chi connectivity index (χ0v) is 18.1. The van der Waals surface area contributed by atoms with Gasteiger partial charge < -0.3 is 10.6 Å². The van der Waals surface area contributed by atoms with Crippen molar-refractivity contribution in [3.63, 3.8) is 0 Å². The van der Waals surface area contributed by atoms with E-state index in [1.165, 1.54) is 23.5 Å². The Morgan fingerprint density at radius 3 is 2.48 bits per heavy atom. The van der Waals surface area contributed by atoms with Crippen molar-refractivity contribution in [2.24, 2.45) is 4.99 Å². The smallest absolute Gasteiger partial charge is 0.333 e. The van der Waals surface area contributed by atoms with Gasteiger partial charge in [0.05, 0.1) is 22.7 Å². The molecule has 162 valence electrons. The monoisotopic (exact) mass is 512 g/mol. The molecule has 2 amide bonds. The number of nitrogens with zero attached hydrogens (tertiary/aromatic N) is 1. The van der Waals surface area contributed by atoms with Crippen LogP contribution in [-0.4, -0.2) is 17.1 Å². The molecule has 0 fully saturated rings. The summed E-state index contributed by atoms with van der Waals surface area (Å²) >= 11 is 4.67. The number of rotatable bonds is 5. The number of benzene rings is 2. The van der Waals surface area contributed by atoms with Crippen LogP contribution in [0.25, 0.3) is 0 Å². The molecule has 3 rings (SSSR count). The number of anilines is 1. The normalized spacial score (nSPS) is 11.8. The fourth-order valence-corrected chi connectivity index (χ4v) is 3.77. The maximum absolute atomic E-state index is 12.6. The fraction of sp³-hybridized carbons (Fsp3) is 0.100. The topological polar surface area (TPSA) is 85.8 Å². The second-order valence-corrected chi connectivity index (χ2v) is 8.28. The van der Waals surface area contributed by atoms with Crippen molar-refractivity contribution in [3.8, 4) is 0 Å².